The van der Waals surface area contributed by atoms with Gasteiger partial charge in [-0.1, -0.05) is 39.0 Å². The molecule has 10 unspecified atom stereocenters. The number of nitriles is 1. The van der Waals surface area contributed by atoms with Gasteiger partial charge in [0.1, 0.15) is 30.9 Å². The van der Waals surface area contributed by atoms with E-state index >= 15 is 0 Å². The summed E-state index contributed by atoms with van der Waals surface area (Å²) in [5.41, 5.74) is -0.266. The van der Waals surface area contributed by atoms with Gasteiger partial charge >= 0.3 is 16.1 Å². The number of H-pyrrole nitrogens is 1. The first kappa shape index (κ1) is 45.7. The second kappa shape index (κ2) is 19.6. The summed E-state index contributed by atoms with van der Waals surface area (Å²) >= 11 is 0. The second-order valence-corrected chi connectivity index (χ2v) is 17.1. The number of ether oxygens (including phenoxy) is 2. The lowest BCUT2D eigenvalue weighted by Gasteiger charge is -2.28. The third kappa shape index (κ3) is 9.76. The quantitative estimate of drug-likeness (QED) is 0.0541. The van der Waals surface area contributed by atoms with Gasteiger partial charge in [0.2, 0.25) is 11.9 Å². The van der Waals surface area contributed by atoms with E-state index in [1.54, 1.807) is 51.1 Å². The average molecular weight is 916 g/mol. The molecule has 1 aromatic carbocycles. The number of aromatic nitrogens is 8. The van der Waals surface area contributed by atoms with Crippen LogP contribution in [0.2, 0.25) is 0 Å². The minimum absolute atomic E-state index is 0.0586. The summed E-state index contributed by atoms with van der Waals surface area (Å²) in [7, 11) is -8.54. The Bertz CT molecular complexity index is 2620. The molecule has 63 heavy (non-hydrogen) atoms. The van der Waals surface area contributed by atoms with Gasteiger partial charge in [-0.25, -0.2) is 24.5 Å². The SMILES string of the molecule is CC(C)C(=O)Nc1nc2c(ncn2C2OC(CO)C(C)C2OP(=O)(OCCC#N)OCC2OC(n3cnc4c(NC(=O)c5ccccc5)ncnc43)C(CO)C2O[PH](=O)O)c(=O)[nH]1. The number of nitrogens with one attached hydrogen (secondary N) is 3. The van der Waals surface area contributed by atoms with E-state index in [1.807, 2.05) is 6.07 Å². The number of benzene rings is 1. The number of imidazole rings is 2. The summed E-state index contributed by atoms with van der Waals surface area (Å²) in [4.78, 5) is 72.1. The molecule has 5 aromatic rings. The Morgan fingerprint density at radius 1 is 0.984 bits per heavy atom. The van der Waals surface area contributed by atoms with Gasteiger partial charge in [-0.3, -0.25) is 52.0 Å². The van der Waals surface area contributed by atoms with E-state index in [4.69, 9.17) is 27.6 Å². The number of aromatic amines is 1. The molecule has 2 aliphatic rings. The Balaban J connectivity index is 1.16. The van der Waals surface area contributed by atoms with E-state index in [9.17, 15) is 43.9 Å². The molecule has 27 heteroatoms. The summed E-state index contributed by atoms with van der Waals surface area (Å²) in [5.74, 6) is -3.33. The topological polar surface area (TPSA) is 339 Å². The Hall–Kier alpha value is -5.35. The van der Waals surface area contributed by atoms with E-state index in [0.717, 1.165) is 0 Å². The van der Waals surface area contributed by atoms with Crippen molar-refractivity contribution in [1.29, 1.82) is 5.26 Å². The summed E-state index contributed by atoms with van der Waals surface area (Å²) in [5, 5.41) is 35.4. The molecule has 2 amide bonds. The summed E-state index contributed by atoms with van der Waals surface area (Å²) in [6.45, 7) is 2.56. The van der Waals surface area contributed by atoms with Crippen LogP contribution in [-0.2, 0) is 41.5 Å². The first-order chi connectivity index (χ1) is 30.2. The number of aliphatic hydroxyl groups excluding tert-OH is 2. The van der Waals surface area contributed by atoms with Crippen LogP contribution in [0.25, 0.3) is 22.3 Å². The minimum atomic E-state index is -4.83. The van der Waals surface area contributed by atoms with Crippen molar-refractivity contribution < 1.29 is 61.4 Å². The van der Waals surface area contributed by atoms with Crippen molar-refractivity contribution in [3.8, 4) is 6.07 Å². The molecule has 6 heterocycles. The number of hydrogen-bond acceptors (Lipinski definition) is 19. The van der Waals surface area contributed by atoms with Gasteiger partial charge < -0.3 is 34.4 Å². The zero-order chi connectivity index (χ0) is 45.0. The third-order valence-corrected chi connectivity index (χ3v) is 12.2. The highest BCUT2D eigenvalue weighted by atomic mass is 31.2. The van der Waals surface area contributed by atoms with Crippen molar-refractivity contribution in [3.63, 3.8) is 0 Å². The Morgan fingerprint density at radius 3 is 2.38 bits per heavy atom. The van der Waals surface area contributed by atoms with Crippen LogP contribution in [0.5, 0.6) is 0 Å². The number of nitrogens with zero attached hydrogens (tertiary/aromatic N) is 8. The number of amides is 2. The van der Waals surface area contributed by atoms with Gasteiger partial charge in [-0.05, 0) is 12.1 Å². The molecule has 2 saturated heterocycles. The predicted molar refractivity (Wildman–Crippen MR) is 217 cm³/mol. The lowest BCUT2D eigenvalue weighted by molar-refractivity contribution is -0.118. The van der Waals surface area contributed by atoms with Gasteiger partial charge in [0.15, 0.2) is 34.4 Å². The molecule has 0 spiro atoms. The smallest absolute Gasteiger partial charge is 0.396 e. The molecule has 0 radical (unpaired) electrons. The molecule has 7 rings (SSSR count). The molecule has 25 nitrogen and oxygen atoms in total. The van der Waals surface area contributed by atoms with E-state index < -0.39 is 115 Å². The number of anilines is 2. The van der Waals surface area contributed by atoms with Crippen molar-refractivity contribution in [2.45, 2.75) is 64.1 Å². The third-order valence-electron chi connectivity index (χ3n) is 10.3. The Morgan fingerprint density at radius 2 is 1.70 bits per heavy atom. The number of carbonyl (C=O) groups excluding carboxylic acids is 2. The minimum Gasteiger partial charge on any atom is -0.396 e. The normalized spacial score (nSPS) is 25.0. The number of aliphatic hydroxyl groups is 2. The van der Waals surface area contributed by atoms with Gasteiger partial charge in [0, 0.05) is 17.4 Å². The highest BCUT2D eigenvalue weighted by molar-refractivity contribution is 7.48. The number of phosphoric acid groups is 1. The Labute approximate surface area is 357 Å². The number of rotatable bonds is 18. The number of carbonyl (C=O) groups is 2. The van der Waals surface area contributed by atoms with Crippen LogP contribution >= 0.6 is 16.1 Å². The zero-order valence-electron chi connectivity index (χ0n) is 33.7. The molecule has 336 valence electrons. The summed E-state index contributed by atoms with van der Waals surface area (Å²) in [6, 6.07) is 10.2. The fourth-order valence-corrected chi connectivity index (χ4v) is 9.05. The van der Waals surface area contributed by atoms with Crippen molar-refractivity contribution in [2.75, 3.05) is 37.1 Å². The first-order valence-electron chi connectivity index (χ1n) is 19.4. The first-order valence-corrected chi connectivity index (χ1v) is 22.2. The van der Waals surface area contributed by atoms with Gasteiger partial charge in [0.05, 0.1) is 63.6 Å². The van der Waals surface area contributed by atoms with Crippen LogP contribution in [0.3, 0.4) is 0 Å². The highest BCUT2D eigenvalue weighted by Gasteiger charge is 2.51. The molecule has 6 N–H and O–H groups in total. The van der Waals surface area contributed by atoms with Crippen molar-refractivity contribution in [1.82, 2.24) is 39.0 Å². The molecule has 2 aliphatic heterocycles. The van der Waals surface area contributed by atoms with Crippen molar-refractivity contribution in [3.05, 3.63) is 65.2 Å². The molecule has 10 atom stereocenters. The van der Waals surface area contributed by atoms with E-state index in [0.29, 0.717) is 5.56 Å². The molecular weight excluding hydrogens is 872 g/mol. The summed E-state index contributed by atoms with van der Waals surface area (Å²) < 4.78 is 64.8. The molecule has 2 fully saturated rings. The maximum atomic E-state index is 14.7. The lowest BCUT2D eigenvalue weighted by atomic mass is 10.0. The van der Waals surface area contributed by atoms with Crippen molar-refractivity contribution in [2.24, 2.45) is 17.8 Å². The highest BCUT2D eigenvalue weighted by Crippen LogP contribution is 2.56. The van der Waals surface area contributed by atoms with Crippen LogP contribution < -0.4 is 16.2 Å². The average Bonchev–Trinajstić information content (AvgIpc) is 4.04. The number of hydrogen-bond donors (Lipinski definition) is 6. The van der Waals surface area contributed by atoms with Crippen LogP contribution in [0.15, 0.2) is 54.1 Å². The largest absolute Gasteiger partial charge is 0.475 e. The number of fused-ring (bicyclic) bond motifs is 2. The lowest BCUT2D eigenvalue weighted by Crippen LogP contribution is -2.34. The van der Waals surface area contributed by atoms with E-state index in [2.05, 4.69) is 40.5 Å². The predicted octanol–water partition coefficient (Wildman–Crippen LogP) is 2.05. The van der Waals surface area contributed by atoms with Crippen LogP contribution in [0, 0.1) is 29.1 Å². The van der Waals surface area contributed by atoms with Crippen LogP contribution in [-0.4, -0.2) is 117 Å². The molecule has 0 bridgehead atoms. The van der Waals surface area contributed by atoms with Crippen molar-refractivity contribution >= 4 is 62.0 Å². The monoisotopic (exact) mass is 915 g/mol. The maximum Gasteiger partial charge on any atom is 0.475 e. The molecule has 4 aromatic heterocycles. The summed E-state index contributed by atoms with van der Waals surface area (Å²) in [6.07, 6.45) is -4.03. The molecule has 0 aliphatic carbocycles. The molecular formula is C36H43N11O14P2. The van der Waals surface area contributed by atoms with Gasteiger partial charge in [0.25, 0.3) is 11.5 Å². The second-order valence-electron chi connectivity index (χ2n) is 14.7. The van der Waals surface area contributed by atoms with Crippen LogP contribution in [0.4, 0.5) is 11.8 Å². The standard InChI is InChI=1S/C36H43N11O14P2/c1-18(2)31(50)44-36-43-30-25(33(52)45-36)41-17-47(30)35-26(19(3)22(13-49)58-35)61-63(55,56-11-7-10-37)57-14-23-27(60-62(53)54)21(12-48)34(59-23)46-16-40-24-28(38-15-39-29(24)46)42-32(51)20-8-5-4-6-9-20/h4-6,8-9,15-19,21-23,26-27,34-35,48-49,62H,7,11-14H2,1-3H3,(H,53,54)(H,38,39,42,51)(H2,43,44,45,50,52). The fourth-order valence-electron chi connectivity index (χ4n) is 7.05. The van der Waals surface area contributed by atoms with Gasteiger partial charge in [-0.15, -0.1) is 0 Å². The maximum absolute atomic E-state index is 14.7. The van der Waals surface area contributed by atoms with E-state index in [1.165, 1.54) is 28.1 Å². The fraction of sp³-hybridized carbons (Fsp3) is 0.472. The number of phosphoric ester groups is 1. The van der Waals surface area contributed by atoms with E-state index in [-0.39, 0.29) is 40.5 Å². The zero-order valence-corrected chi connectivity index (χ0v) is 35.6. The van der Waals surface area contributed by atoms with Gasteiger partial charge in [-0.2, -0.15) is 10.2 Å². The van der Waals surface area contributed by atoms with Crippen LogP contribution in [0.1, 0.15) is 50.0 Å². The molecule has 0 saturated carbocycles. The Kier molecular flexibility index (Phi) is 14.2.